The lowest BCUT2D eigenvalue weighted by Crippen LogP contribution is -2.52. The molecule has 0 unspecified atom stereocenters. The summed E-state index contributed by atoms with van der Waals surface area (Å²) in [6, 6.07) is 6.08. The summed E-state index contributed by atoms with van der Waals surface area (Å²) >= 11 is 1.48. The zero-order valence-electron chi connectivity index (χ0n) is 13.7. The van der Waals surface area contributed by atoms with Crippen molar-refractivity contribution in [2.45, 2.75) is 43.0 Å². The Morgan fingerprint density at radius 3 is 2.54 bits per heavy atom. The molecule has 7 heteroatoms. The van der Waals surface area contributed by atoms with Crippen LogP contribution < -0.4 is 0 Å². The first-order valence-electron chi connectivity index (χ1n) is 8.73. The van der Waals surface area contributed by atoms with Gasteiger partial charge in [-0.1, -0.05) is 25.3 Å². The van der Waals surface area contributed by atoms with E-state index in [1.54, 1.807) is 15.9 Å². The number of para-hydroxylation sites is 1. The van der Waals surface area contributed by atoms with Gasteiger partial charge in [-0.3, -0.25) is 4.90 Å². The van der Waals surface area contributed by atoms with Gasteiger partial charge >= 0.3 is 0 Å². The van der Waals surface area contributed by atoms with Gasteiger partial charge in [0.2, 0.25) is 10.0 Å². The van der Waals surface area contributed by atoms with Crippen LogP contribution in [-0.2, 0) is 10.0 Å². The molecule has 0 spiro atoms. The molecule has 2 aliphatic rings. The lowest BCUT2D eigenvalue weighted by molar-refractivity contribution is 0.111. The third-order valence-corrected chi connectivity index (χ3v) is 8.03. The fourth-order valence-corrected chi connectivity index (χ4v) is 6.31. The highest BCUT2D eigenvalue weighted by Gasteiger charge is 2.32. The van der Waals surface area contributed by atoms with E-state index in [0.29, 0.717) is 29.5 Å². The normalized spacial score (nSPS) is 22.2. The standard InChI is InChI=1S/C17H23N3O2S2/c21-24(22,16-8-4-7-15-17(16)18-13-23-15)20-11-9-19(10-12-20)14-5-2-1-3-6-14/h4,7-8,13-14H,1-3,5-6,9-12H2. The summed E-state index contributed by atoms with van der Waals surface area (Å²) < 4.78 is 28.7. The topological polar surface area (TPSA) is 53.5 Å². The van der Waals surface area contributed by atoms with Crippen molar-refractivity contribution in [2.75, 3.05) is 26.2 Å². The van der Waals surface area contributed by atoms with Crippen LogP contribution in [0, 0.1) is 0 Å². The Balaban J connectivity index is 1.51. The van der Waals surface area contributed by atoms with Gasteiger partial charge in [-0.25, -0.2) is 13.4 Å². The predicted octanol–water partition coefficient (Wildman–Crippen LogP) is 2.94. The summed E-state index contributed by atoms with van der Waals surface area (Å²) in [4.78, 5) is 7.12. The fraction of sp³-hybridized carbons (Fsp3) is 0.588. The number of benzene rings is 1. The second-order valence-corrected chi connectivity index (χ2v) is 9.48. The van der Waals surface area contributed by atoms with Crippen molar-refractivity contribution in [3.8, 4) is 0 Å². The van der Waals surface area contributed by atoms with Crippen molar-refractivity contribution < 1.29 is 8.42 Å². The maximum Gasteiger partial charge on any atom is 0.245 e. The van der Waals surface area contributed by atoms with E-state index in [2.05, 4.69) is 9.88 Å². The smallest absolute Gasteiger partial charge is 0.245 e. The Hall–Kier alpha value is -1.02. The molecule has 4 rings (SSSR count). The van der Waals surface area contributed by atoms with Crippen LogP contribution in [0.15, 0.2) is 28.6 Å². The molecule has 1 aliphatic heterocycles. The van der Waals surface area contributed by atoms with Crippen molar-refractivity contribution in [3.05, 3.63) is 23.7 Å². The van der Waals surface area contributed by atoms with E-state index < -0.39 is 10.0 Å². The molecular weight excluding hydrogens is 342 g/mol. The third kappa shape index (κ3) is 2.98. The van der Waals surface area contributed by atoms with Crippen LogP contribution in [0.25, 0.3) is 10.2 Å². The van der Waals surface area contributed by atoms with Gasteiger partial charge in [-0.15, -0.1) is 11.3 Å². The van der Waals surface area contributed by atoms with Gasteiger partial charge in [0.05, 0.1) is 10.2 Å². The molecule has 2 fully saturated rings. The van der Waals surface area contributed by atoms with E-state index in [0.717, 1.165) is 17.8 Å². The molecule has 1 saturated heterocycles. The minimum absolute atomic E-state index is 0.354. The second kappa shape index (κ2) is 6.71. The lowest BCUT2D eigenvalue weighted by Gasteiger charge is -2.40. The summed E-state index contributed by atoms with van der Waals surface area (Å²) in [6.07, 6.45) is 6.52. The summed E-state index contributed by atoms with van der Waals surface area (Å²) in [5.41, 5.74) is 2.32. The van der Waals surface area contributed by atoms with Crippen LogP contribution in [0.1, 0.15) is 32.1 Å². The summed E-state index contributed by atoms with van der Waals surface area (Å²) in [7, 11) is -3.46. The molecule has 2 aromatic rings. The van der Waals surface area contributed by atoms with Crippen LogP contribution in [-0.4, -0.2) is 54.8 Å². The highest BCUT2D eigenvalue weighted by atomic mass is 32.2. The molecule has 130 valence electrons. The Morgan fingerprint density at radius 1 is 1.04 bits per heavy atom. The number of aromatic nitrogens is 1. The van der Waals surface area contributed by atoms with Crippen LogP contribution in [0.4, 0.5) is 0 Å². The minimum atomic E-state index is -3.46. The lowest BCUT2D eigenvalue weighted by atomic mass is 9.94. The molecule has 24 heavy (non-hydrogen) atoms. The molecule has 1 aromatic carbocycles. The van der Waals surface area contributed by atoms with Crippen LogP contribution in [0.2, 0.25) is 0 Å². The molecule has 1 saturated carbocycles. The molecule has 0 atom stereocenters. The van der Waals surface area contributed by atoms with E-state index in [-0.39, 0.29) is 0 Å². The molecule has 1 aromatic heterocycles. The highest BCUT2D eigenvalue weighted by Crippen LogP contribution is 2.29. The van der Waals surface area contributed by atoms with Crippen LogP contribution >= 0.6 is 11.3 Å². The number of thiazole rings is 1. The van der Waals surface area contributed by atoms with Gasteiger partial charge in [-0.05, 0) is 25.0 Å². The Kier molecular flexibility index (Phi) is 4.60. The van der Waals surface area contributed by atoms with E-state index in [1.807, 2.05) is 12.1 Å². The monoisotopic (exact) mass is 365 g/mol. The van der Waals surface area contributed by atoms with E-state index in [4.69, 9.17) is 0 Å². The number of rotatable bonds is 3. The number of piperazine rings is 1. The molecular formula is C17H23N3O2S2. The van der Waals surface area contributed by atoms with Crippen LogP contribution in [0.3, 0.4) is 0 Å². The van der Waals surface area contributed by atoms with Gasteiger partial charge in [0.25, 0.3) is 0 Å². The maximum absolute atomic E-state index is 13.1. The van der Waals surface area contributed by atoms with E-state index >= 15 is 0 Å². The molecule has 1 aliphatic carbocycles. The third-order valence-electron chi connectivity index (χ3n) is 5.31. The summed E-state index contributed by atoms with van der Waals surface area (Å²) in [5.74, 6) is 0. The van der Waals surface area contributed by atoms with Gasteiger partial charge in [-0.2, -0.15) is 4.31 Å². The summed E-state index contributed by atoms with van der Waals surface area (Å²) in [5, 5.41) is 0. The fourth-order valence-electron chi connectivity index (χ4n) is 3.96. The van der Waals surface area contributed by atoms with Gasteiger partial charge < -0.3 is 0 Å². The molecule has 0 N–H and O–H groups in total. The molecule has 0 radical (unpaired) electrons. The maximum atomic E-state index is 13.1. The number of hydrogen-bond donors (Lipinski definition) is 0. The first-order chi connectivity index (χ1) is 11.7. The highest BCUT2D eigenvalue weighted by molar-refractivity contribution is 7.89. The molecule has 2 heterocycles. The number of fused-ring (bicyclic) bond motifs is 1. The zero-order chi connectivity index (χ0) is 16.6. The molecule has 5 nitrogen and oxygen atoms in total. The molecule has 0 amide bonds. The average molecular weight is 366 g/mol. The number of nitrogens with zero attached hydrogens (tertiary/aromatic N) is 3. The van der Waals surface area contributed by atoms with E-state index in [9.17, 15) is 8.42 Å². The van der Waals surface area contributed by atoms with Crippen molar-refractivity contribution in [3.63, 3.8) is 0 Å². The Bertz CT molecular complexity index is 804. The van der Waals surface area contributed by atoms with Gasteiger partial charge in [0.1, 0.15) is 10.4 Å². The molecule has 0 bridgehead atoms. The first kappa shape index (κ1) is 16.4. The SMILES string of the molecule is O=S(=O)(c1cccc2scnc12)N1CCN(C2CCCCC2)CC1. The van der Waals surface area contributed by atoms with Crippen LogP contribution in [0.5, 0.6) is 0 Å². The quantitative estimate of drug-likeness (QED) is 0.839. The summed E-state index contributed by atoms with van der Waals surface area (Å²) in [6.45, 7) is 2.85. The van der Waals surface area contributed by atoms with Crippen molar-refractivity contribution >= 4 is 31.6 Å². The largest absolute Gasteiger partial charge is 0.298 e. The number of sulfonamides is 1. The minimum Gasteiger partial charge on any atom is -0.298 e. The Labute approximate surface area is 147 Å². The van der Waals surface area contributed by atoms with E-state index in [1.165, 1.54) is 43.4 Å². The zero-order valence-corrected chi connectivity index (χ0v) is 15.4. The average Bonchev–Trinajstić information content (AvgIpc) is 3.11. The Morgan fingerprint density at radius 2 is 1.79 bits per heavy atom. The number of hydrogen-bond acceptors (Lipinski definition) is 5. The first-order valence-corrected chi connectivity index (χ1v) is 11.0. The van der Waals surface area contributed by atoms with Gasteiger partial charge in [0.15, 0.2) is 0 Å². The van der Waals surface area contributed by atoms with Crippen molar-refractivity contribution in [1.29, 1.82) is 0 Å². The second-order valence-electron chi connectivity index (χ2n) is 6.69. The van der Waals surface area contributed by atoms with Gasteiger partial charge in [0, 0.05) is 32.2 Å². The van der Waals surface area contributed by atoms with Crippen molar-refractivity contribution in [2.24, 2.45) is 0 Å². The predicted molar refractivity (Wildman–Crippen MR) is 96.8 cm³/mol. The van der Waals surface area contributed by atoms with Crippen molar-refractivity contribution in [1.82, 2.24) is 14.2 Å².